The molecule has 100 valence electrons. The van der Waals surface area contributed by atoms with Crippen molar-refractivity contribution in [1.82, 2.24) is 15.0 Å². The van der Waals surface area contributed by atoms with Gasteiger partial charge in [0.25, 0.3) is 0 Å². The van der Waals surface area contributed by atoms with Crippen LogP contribution in [0.2, 0.25) is 0 Å². The zero-order chi connectivity index (χ0) is 14.0. The number of nitrogen functional groups attached to an aromatic ring is 1. The molecule has 0 saturated heterocycles. The molecule has 0 bridgehead atoms. The Hall–Kier alpha value is -2.77. The highest BCUT2D eigenvalue weighted by molar-refractivity contribution is 5.62. The molecule has 8 heteroatoms. The topological polar surface area (TPSA) is 120 Å². The van der Waals surface area contributed by atoms with E-state index >= 15 is 0 Å². The maximum atomic E-state index is 9.48. The maximum Gasteiger partial charge on any atom is 0.236 e. The number of aromatic nitrogens is 3. The molecule has 1 aromatic heterocycles. The summed E-state index contributed by atoms with van der Waals surface area (Å²) < 4.78 is 0. The Balaban J connectivity index is 2.40. The Morgan fingerprint density at radius 1 is 1.16 bits per heavy atom. The van der Waals surface area contributed by atoms with Gasteiger partial charge in [-0.2, -0.15) is 15.0 Å². The molecule has 0 aliphatic rings. The molecule has 2 rings (SSSR count). The molecule has 5 N–H and O–H groups in total. The van der Waals surface area contributed by atoms with Crippen molar-refractivity contribution >= 4 is 23.5 Å². The lowest BCUT2D eigenvalue weighted by Crippen LogP contribution is -2.16. The van der Waals surface area contributed by atoms with Crippen molar-refractivity contribution in [1.29, 1.82) is 0 Å². The molecule has 0 atom stereocenters. The summed E-state index contributed by atoms with van der Waals surface area (Å²) in [7, 11) is 3.38. The summed E-state index contributed by atoms with van der Waals surface area (Å²) in [4.78, 5) is 13.7. The Labute approximate surface area is 109 Å². The van der Waals surface area contributed by atoms with Gasteiger partial charge in [0.05, 0.1) is 0 Å². The molecule has 1 heterocycles. The molecule has 8 nitrogen and oxygen atoms in total. The van der Waals surface area contributed by atoms with Crippen molar-refractivity contribution in [2.75, 3.05) is 30.0 Å². The minimum absolute atomic E-state index is 0.0872. The van der Waals surface area contributed by atoms with E-state index in [9.17, 15) is 10.2 Å². The molecule has 2 aromatic rings. The van der Waals surface area contributed by atoms with Crippen molar-refractivity contribution < 1.29 is 10.2 Å². The van der Waals surface area contributed by atoms with Gasteiger partial charge in [0.2, 0.25) is 17.8 Å². The summed E-state index contributed by atoms with van der Waals surface area (Å²) in [5.74, 6) is 0.340. The van der Waals surface area contributed by atoms with Gasteiger partial charge in [-0.05, 0) is 12.1 Å². The van der Waals surface area contributed by atoms with E-state index in [-0.39, 0.29) is 17.4 Å². The SMILES string of the molecule is CNc1nc(N)nc(N(C)c2ccc(O)c(O)c2)n1. The zero-order valence-corrected chi connectivity index (χ0v) is 10.5. The average molecular weight is 262 g/mol. The van der Waals surface area contributed by atoms with Crippen LogP contribution in [0.4, 0.5) is 23.5 Å². The maximum absolute atomic E-state index is 9.48. The second-order valence-electron chi connectivity index (χ2n) is 3.80. The van der Waals surface area contributed by atoms with E-state index in [0.717, 1.165) is 0 Å². The lowest BCUT2D eigenvalue weighted by Gasteiger charge is -2.18. The standard InChI is InChI=1S/C11H14N6O2/c1-13-10-14-9(12)15-11(16-10)17(2)6-3-4-7(18)8(19)5-6/h3-5,18-19H,1-2H3,(H3,12,13,14,15,16). The first-order valence-electron chi connectivity index (χ1n) is 5.46. The number of phenols is 2. The summed E-state index contributed by atoms with van der Waals surface area (Å²) in [6.07, 6.45) is 0. The fraction of sp³-hybridized carbons (Fsp3) is 0.182. The highest BCUT2D eigenvalue weighted by atomic mass is 16.3. The largest absolute Gasteiger partial charge is 0.504 e. The summed E-state index contributed by atoms with van der Waals surface area (Å²) in [5, 5.41) is 21.5. The van der Waals surface area contributed by atoms with Crippen molar-refractivity contribution in [2.45, 2.75) is 0 Å². The molecule has 0 unspecified atom stereocenters. The minimum atomic E-state index is -0.222. The third-order valence-electron chi connectivity index (χ3n) is 2.51. The predicted octanol–water partition coefficient (Wildman–Crippen LogP) is 0.675. The highest BCUT2D eigenvalue weighted by Gasteiger charge is 2.12. The fourth-order valence-electron chi connectivity index (χ4n) is 1.48. The first-order valence-corrected chi connectivity index (χ1v) is 5.46. The third kappa shape index (κ3) is 2.57. The number of benzene rings is 1. The average Bonchev–Trinajstić information content (AvgIpc) is 2.40. The number of aromatic hydroxyl groups is 2. The first kappa shape index (κ1) is 12.7. The van der Waals surface area contributed by atoms with Crippen LogP contribution >= 0.6 is 0 Å². The Morgan fingerprint density at radius 3 is 2.53 bits per heavy atom. The summed E-state index contributed by atoms with van der Waals surface area (Å²) >= 11 is 0. The molecular formula is C11H14N6O2. The van der Waals surface area contributed by atoms with E-state index < -0.39 is 0 Å². The van der Waals surface area contributed by atoms with Crippen LogP contribution in [0.1, 0.15) is 0 Å². The lowest BCUT2D eigenvalue weighted by molar-refractivity contribution is 0.404. The second-order valence-corrected chi connectivity index (χ2v) is 3.80. The van der Waals surface area contributed by atoms with Crippen LogP contribution in [0, 0.1) is 0 Å². The Morgan fingerprint density at radius 2 is 1.89 bits per heavy atom. The van der Waals surface area contributed by atoms with Crippen LogP contribution in [-0.2, 0) is 0 Å². The van der Waals surface area contributed by atoms with E-state index in [0.29, 0.717) is 17.6 Å². The van der Waals surface area contributed by atoms with Gasteiger partial charge in [0, 0.05) is 25.8 Å². The Kier molecular flexibility index (Phi) is 3.23. The highest BCUT2D eigenvalue weighted by Crippen LogP contribution is 2.31. The molecule has 0 amide bonds. The van der Waals surface area contributed by atoms with Crippen molar-refractivity contribution in [3.05, 3.63) is 18.2 Å². The zero-order valence-electron chi connectivity index (χ0n) is 10.5. The van der Waals surface area contributed by atoms with Gasteiger partial charge in [0.15, 0.2) is 11.5 Å². The van der Waals surface area contributed by atoms with Gasteiger partial charge in [0.1, 0.15) is 0 Å². The molecule has 0 aliphatic heterocycles. The van der Waals surface area contributed by atoms with Gasteiger partial charge in [-0.1, -0.05) is 0 Å². The van der Waals surface area contributed by atoms with Crippen molar-refractivity contribution in [2.24, 2.45) is 0 Å². The minimum Gasteiger partial charge on any atom is -0.504 e. The monoisotopic (exact) mass is 262 g/mol. The molecule has 0 saturated carbocycles. The molecule has 19 heavy (non-hydrogen) atoms. The number of nitrogens with one attached hydrogen (secondary N) is 1. The Bertz CT molecular complexity index is 604. The van der Waals surface area contributed by atoms with Gasteiger partial charge in [-0.3, -0.25) is 0 Å². The predicted molar refractivity (Wildman–Crippen MR) is 71.6 cm³/mol. The van der Waals surface area contributed by atoms with E-state index in [1.807, 2.05) is 0 Å². The van der Waals surface area contributed by atoms with Gasteiger partial charge in [-0.15, -0.1) is 0 Å². The van der Waals surface area contributed by atoms with Gasteiger partial charge >= 0.3 is 0 Å². The van der Waals surface area contributed by atoms with Crippen LogP contribution in [-0.4, -0.2) is 39.3 Å². The number of rotatable bonds is 3. The summed E-state index contributed by atoms with van der Waals surface area (Å²) in [5.41, 5.74) is 6.19. The van der Waals surface area contributed by atoms with E-state index in [4.69, 9.17) is 5.73 Å². The summed E-state index contributed by atoms with van der Waals surface area (Å²) in [6, 6.07) is 4.40. The van der Waals surface area contributed by atoms with Crippen LogP contribution in [0.3, 0.4) is 0 Å². The summed E-state index contributed by atoms with van der Waals surface area (Å²) in [6.45, 7) is 0. The molecule has 0 aliphatic carbocycles. The number of hydrogen-bond acceptors (Lipinski definition) is 8. The quantitative estimate of drug-likeness (QED) is 0.596. The van der Waals surface area contributed by atoms with Crippen LogP contribution in [0.25, 0.3) is 0 Å². The fourth-order valence-corrected chi connectivity index (χ4v) is 1.48. The van der Waals surface area contributed by atoms with E-state index in [2.05, 4.69) is 20.3 Å². The number of nitrogens with two attached hydrogens (primary N) is 1. The molecule has 1 aromatic carbocycles. The lowest BCUT2D eigenvalue weighted by atomic mass is 10.2. The smallest absolute Gasteiger partial charge is 0.236 e. The second kappa shape index (κ2) is 4.84. The number of anilines is 4. The van der Waals surface area contributed by atoms with Crippen molar-refractivity contribution in [3.63, 3.8) is 0 Å². The van der Waals surface area contributed by atoms with Gasteiger partial charge < -0.3 is 26.2 Å². The first-order chi connectivity index (χ1) is 9.01. The molecule has 0 radical (unpaired) electrons. The van der Waals surface area contributed by atoms with Crippen LogP contribution in [0.5, 0.6) is 11.5 Å². The van der Waals surface area contributed by atoms with E-state index in [1.54, 1.807) is 25.1 Å². The number of phenolic OH excluding ortho intramolecular Hbond substituents is 2. The molecule has 0 spiro atoms. The van der Waals surface area contributed by atoms with E-state index in [1.165, 1.54) is 12.1 Å². The normalized spacial score (nSPS) is 10.2. The third-order valence-corrected chi connectivity index (χ3v) is 2.51. The number of nitrogens with zero attached hydrogens (tertiary/aromatic N) is 4. The number of hydrogen-bond donors (Lipinski definition) is 4. The van der Waals surface area contributed by atoms with Gasteiger partial charge in [-0.25, -0.2) is 0 Å². The van der Waals surface area contributed by atoms with Crippen LogP contribution in [0.15, 0.2) is 18.2 Å². The molecule has 0 fully saturated rings. The van der Waals surface area contributed by atoms with Crippen molar-refractivity contribution in [3.8, 4) is 11.5 Å². The van der Waals surface area contributed by atoms with Crippen LogP contribution < -0.4 is 16.0 Å². The molecular weight excluding hydrogens is 248 g/mol.